The molecule has 0 spiro atoms. The minimum atomic E-state index is -0.470. The van der Waals surface area contributed by atoms with Crippen LogP contribution in [-0.2, 0) is 16.0 Å². The summed E-state index contributed by atoms with van der Waals surface area (Å²) in [5.74, 6) is -0.112. The molecule has 0 saturated carbocycles. The summed E-state index contributed by atoms with van der Waals surface area (Å²) in [6.07, 6.45) is 1.00. The van der Waals surface area contributed by atoms with Gasteiger partial charge in [0.25, 0.3) is 0 Å². The summed E-state index contributed by atoms with van der Waals surface area (Å²) in [6.45, 7) is 1.74. The van der Waals surface area contributed by atoms with Crippen LogP contribution in [0.15, 0.2) is 54.6 Å². The standard InChI is InChI=1S/C18H19NO3/c1-14-7-5-6-10-16(14)22-18(21)13-19-17(20)12-11-15-8-3-2-4-9-15/h2-10H,11-13H2,1H3,(H,19,20). The molecule has 0 bridgehead atoms. The van der Waals surface area contributed by atoms with Gasteiger partial charge < -0.3 is 10.1 Å². The number of aryl methyl sites for hydroxylation is 2. The fraction of sp³-hybridized carbons (Fsp3) is 0.222. The molecule has 0 fully saturated rings. The highest BCUT2D eigenvalue weighted by atomic mass is 16.5. The molecule has 2 aromatic rings. The third-order valence-electron chi connectivity index (χ3n) is 3.23. The zero-order chi connectivity index (χ0) is 15.8. The second kappa shape index (κ2) is 7.98. The Bertz CT molecular complexity index is 638. The Labute approximate surface area is 130 Å². The number of nitrogens with one attached hydrogen (secondary N) is 1. The first kappa shape index (κ1) is 15.8. The molecule has 2 aromatic carbocycles. The van der Waals surface area contributed by atoms with Gasteiger partial charge in [-0.15, -0.1) is 0 Å². The summed E-state index contributed by atoms with van der Waals surface area (Å²) in [5, 5.41) is 2.58. The number of carbonyl (C=O) groups is 2. The van der Waals surface area contributed by atoms with E-state index in [-0.39, 0.29) is 12.5 Å². The minimum absolute atomic E-state index is 0.123. The molecule has 0 unspecified atom stereocenters. The van der Waals surface area contributed by atoms with Gasteiger partial charge in [0.05, 0.1) is 0 Å². The lowest BCUT2D eigenvalue weighted by molar-refractivity contribution is -0.135. The monoisotopic (exact) mass is 297 g/mol. The van der Waals surface area contributed by atoms with Crippen molar-refractivity contribution in [2.45, 2.75) is 19.8 Å². The van der Waals surface area contributed by atoms with E-state index in [2.05, 4.69) is 5.32 Å². The van der Waals surface area contributed by atoms with Gasteiger partial charge >= 0.3 is 5.97 Å². The van der Waals surface area contributed by atoms with Gasteiger partial charge in [-0.25, -0.2) is 4.79 Å². The SMILES string of the molecule is Cc1ccccc1OC(=O)CNC(=O)CCc1ccccc1. The van der Waals surface area contributed by atoms with E-state index >= 15 is 0 Å². The topological polar surface area (TPSA) is 55.4 Å². The van der Waals surface area contributed by atoms with E-state index in [1.807, 2.05) is 49.4 Å². The molecule has 0 radical (unpaired) electrons. The number of carbonyl (C=O) groups excluding carboxylic acids is 2. The van der Waals surface area contributed by atoms with Crippen LogP contribution in [-0.4, -0.2) is 18.4 Å². The Balaban J connectivity index is 1.72. The van der Waals surface area contributed by atoms with Gasteiger partial charge in [0.2, 0.25) is 5.91 Å². The van der Waals surface area contributed by atoms with E-state index in [0.717, 1.165) is 11.1 Å². The van der Waals surface area contributed by atoms with Crippen LogP contribution < -0.4 is 10.1 Å². The summed E-state index contributed by atoms with van der Waals surface area (Å²) in [4.78, 5) is 23.4. The smallest absolute Gasteiger partial charge is 0.330 e. The van der Waals surface area contributed by atoms with Crippen molar-refractivity contribution < 1.29 is 14.3 Å². The number of rotatable bonds is 6. The van der Waals surface area contributed by atoms with E-state index in [9.17, 15) is 9.59 Å². The van der Waals surface area contributed by atoms with E-state index < -0.39 is 5.97 Å². The molecule has 0 aliphatic rings. The highest BCUT2D eigenvalue weighted by Gasteiger charge is 2.09. The molecule has 2 rings (SSSR count). The quantitative estimate of drug-likeness (QED) is 0.659. The molecule has 0 aliphatic carbocycles. The molecular formula is C18H19NO3. The van der Waals surface area contributed by atoms with Crippen LogP contribution in [0, 0.1) is 6.92 Å². The Kier molecular flexibility index (Phi) is 5.72. The first-order valence-corrected chi connectivity index (χ1v) is 7.22. The molecule has 0 atom stereocenters. The van der Waals surface area contributed by atoms with Gasteiger partial charge in [0, 0.05) is 6.42 Å². The van der Waals surface area contributed by atoms with Gasteiger partial charge in [-0.3, -0.25) is 4.79 Å². The third-order valence-corrected chi connectivity index (χ3v) is 3.23. The molecule has 0 aliphatic heterocycles. The summed E-state index contributed by atoms with van der Waals surface area (Å²) in [7, 11) is 0. The van der Waals surface area contributed by atoms with Crippen LogP contribution in [0.5, 0.6) is 5.75 Å². The lowest BCUT2D eigenvalue weighted by Gasteiger charge is -2.08. The molecule has 4 nitrogen and oxygen atoms in total. The van der Waals surface area contributed by atoms with Crippen molar-refractivity contribution in [1.82, 2.24) is 5.32 Å². The number of amides is 1. The molecule has 0 aromatic heterocycles. The highest BCUT2D eigenvalue weighted by molar-refractivity contribution is 5.83. The molecule has 0 heterocycles. The Morgan fingerprint density at radius 3 is 2.41 bits per heavy atom. The highest BCUT2D eigenvalue weighted by Crippen LogP contribution is 2.15. The van der Waals surface area contributed by atoms with Crippen LogP contribution in [0.1, 0.15) is 17.5 Å². The molecule has 0 saturated heterocycles. The second-order valence-corrected chi connectivity index (χ2v) is 5.00. The number of esters is 1. The van der Waals surface area contributed by atoms with E-state index in [1.165, 1.54) is 0 Å². The maximum atomic E-state index is 11.7. The maximum Gasteiger partial charge on any atom is 0.330 e. The van der Waals surface area contributed by atoms with Crippen LogP contribution in [0.3, 0.4) is 0 Å². The number of para-hydroxylation sites is 1. The average Bonchev–Trinajstić information content (AvgIpc) is 2.54. The average molecular weight is 297 g/mol. The maximum absolute atomic E-state index is 11.7. The Morgan fingerprint density at radius 1 is 1.00 bits per heavy atom. The number of hydrogen-bond acceptors (Lipinski definition) is 3. The van der Waals surface area contributed by atoms with Gasteiger partial charge in [-0.2, -0.15) is 0 Å². The molecule has 4 heteroatoms. The molecular weight excluding hydrogens is 278 g/mol. The van der Waals surface area contributed by atoms with Gasteiger partial charge in [-0.05, 0) is 30.5 Å². The molecule has 22 heavy (non-hydrogen) atoms. The van der Waals surface area contributed by atoms with E-state index in [1.54, 1.807) is 12.1 Å². The number of benzene rings is 2. The first-order chi connectivity index (χ1) is 10.6. The minimum Gasteiger partial charge on any atom is -0.425 e. The molecule has 1 amide bonds. The van der Waals surface area contributed by atoms with Crippen LogP contribution >= 0.6 is 0 Å². The largest absolute Gasteiger partial charge is 0.425 e. The predicted molar refractivity (Wildman–Crippen MR) is 84.6 cm³/mol. The van der Waals surface area contributed by atoms with Crippen molar-refractivity contribution in [3.63, 3.8) is 0 Å². The zero-order valence-corrected chi connectivity index (χ0v) is 12.5. The summed E-state index contributed by atoms with van der Waals surface area (Å²) in [5.41, 5.74) is 1.98. The van der Waals surface area contributed by atoms with Crippen molar-refractivity contribution in [3.05, 3.63) is 65.7 Å². The van der Waals surface area contributed by atoms with Crippen molar-refractivity contribution in [3.8, 4) is 5.75 Å². The first-order valence-electron chi connectivity index (χ1n) is 7.22. The number of ether oxygens (including phenoxy) is 1. The van der Waals surface area contributed by atoms with Gasteiger partial charge in [0.1, 0.15) is 12.3 Å². The molecule has 114 valence electrons. The Hall–Kier alpha value is -2.62. The third kappa shape index (κ3) is 5.05. The van der Waals surface area contributed by atoms with Crippen LogP contribution in [0.2, 0.25) is 0 Å². The van der Waals surface area contributed by atoms with E-state index in [0.29, 0.717) is 18.6 Å². The van der Waals surface area contributed by atoms with Crippen molar-refractivity contribution in [2.24, 2.45) is 0 Å². The van der Waals surface area contributed by atoms with Crippen LogP contribution in [0.25, 0.3) is 0 Å². The summed E-state index contributed by atoms with van der Waals surface area (Å²) >= 11 is 0. The summed E-state index contributed by atoms with van der Waals surface area (Å²) < 4.78 is 5.20. The lowest BCUT2D eigenvalue weighted by atomic mass is 10.1. The van der Waals surface area contributed by atoms with Crippen molar-refractivity contribution >= 4 is 11.9 Å². The fourth-order valence-electron chi connectivity index (χ4n) is 1.99. The van der Waals surface area contributed by atoms with Crippen LogP contribution in [0.4, 0.5) is 0 Å². The molecule has 1 N–H and O–H groups in total. The van der Waals surface area contributed by atoms with Crippen molar-refractivity contribution in [1.29, 1.82) is 0 Å². The normalized spacial score (nSPS) is 10.0. The van der Waals surface area contributed by atoms with E-state index in [4.69, 9.17) is 4.74 Å². The van der Waals surface area contributed by atoms with Gasteiger partial charge in [-0.1, -0.05) is 48.5 Å². The zero-order valence-electron chi connectivity index (χ0n) is 12.5. The Morgan fingerprint density at radius 2 is 1.68 bits per heavy atom. The predicted octanol–water partition coefficient (Wildman–Crippen LogP) is 2.65. The summed E-state index contributed by atoms with van der Waals surface area (Å²) in [6, 6.07) is 17.0. The lowest BCUT2D eigenvalue weighted by Crippen LogP contribution is -2.32. The fourth-order valence-corrected chi connectivity index (χ4v) is 1.99. The number of hydrogen-bond donors (Lipinski definition) is 1. The van der Waals surface area contributed by atoms with Gasteiger partial charge in [0.15, 0.2) is 0 Å². The van der Waals surface area contributed by atoms with Crippen molar-refractivity contribution in [2.75, 3.05) is 6.54 Å². The second-order valence-electron chi connectivity index (χ2n) is 5.00.